The Hall–Kier alpha value is -2.43. The molecule has 5 heteroatoms. The lowest BCUT2D eigenvalue weighted by Crippen LogP contribution is -1.98. The van der Waals surface area contributed by atoms with Gasteiger partial charge in [-0.3, -0.25) is 4.99 Å². The van der Waals surface area contributed by atoms with E-state index < -0.39 is 0 Å². The highest BCUT2D eigenvalue weighted by atomic mass is 79.9. The Labute approximate surface area is 170 Å². The van der Waals surface area contributed by atoms with Crippen molar-refractivity contribution >= 4 is 50.3 Å². The van der Waals surface area contributed by atoms with Gasteiger partial charge in [0.15, 0.2) is 0 Å². The van der Waals surface area contributed by atoms with Crippen molar-refractivity contribution in [3.63, 3.8) is 0 Å². The molecule has 0 saturated heterocycles. The minimum atomic E-state index is -0.212. The lowest BCUT2D eigenvalue weighted by molar-refractivity contribution is 0.624. The number of hydrogen-bond donors (Lipinski definition) is 0. The van der Waals surface area contributed by atoms with Gasteiger partial charge in [-0.15, -0.1) is 0 Å². The normalized spacial score (nSPS) is 11.5. The molecule has 4 aromatic rings. The van der Waals surface area contributed by atoms with Crippen molar-refractivity contribution in [1.82, 2.24) is 4.57 Å². The number of fused-ring (bicyclic) bond motifs is 1. The smallest absolute Gasteiger partial charge is 0.123 e. The van der Waals surface area contributed by atoms with E-state index in [0.717, 1.165) is 32.2 Å². The summed E-state index contributed by atoms with van der Waals surface area (Å²) in [7, 11) is 0. The molecule has 0 atom stereocenters. The van der Waals surface area contributed by atoms with Crippen LogP contribution in [0.2, 0.25) is 5.02 Å². The van der Waals surface area contributed by atoms with Crippen LogP contribution >= 0.6 is 27.5 Å². The average Bonchev–Trinajstić information content (AvgIpc) is 3.05. The summed E-state index contributed by atoms with van der Waals surface area (Å²) in [6.45, 7) is 0.631. The van der Waals surface area contributed by atoms with Crippen molar-refractivity contribution in [3.8, 4) is 0 Å². The second-order valence-electron chi connectivity index (χ2n) is 6.25. The summed E-state index contributed by atoms with van der Waals surface area (Å²) in [4.78, 5) is 4.49. The Kier molecular flexibility index (Phi) is 5.10. The fraction of sp³-hybridized carbons (Fsp3) is 0.0455. The maximum atomic E-state index is 13.4. The minimum Gasteiger partial charge on any atom is -0.343 e. The van der Waals surface area contributed by atoms with Crippen LogP contribution in [0.15, 0.2) is 82.4 Å². The third-order valence-electron chi connectivity index (χ3n) is 4.30. The molecule has 27 heavy (non-hydrogen) atoms. The number of hydrogen-bond acceptors (Lipinski definition) is 1. The highest BCUT2D eigenvalue weighted by Crippen LogP contribution is 2.27. The van der Waals surface area contributed by atoms with Gasteiger partial charge in [-0.05, 0) is 75.6 Å². The van der Waals surface area contributed by atoms with Gasteiger partial charge < -0.3 is 4.57 Å². The Morgan fingerprint density at radius 2 is 1.93 bits per heavy atom. The highest BCUT2D eigenvalue weighted by Gasteiger charge is 2.04. The van der Waals surface area contributed by atoms with Crippen LogP contribution in [-0.4, -0.2) is 10.8 Å². The molecule has 0 bridgehead atoms. The number of aliphatic imine (C=N–C) groups is 1. The number of rotatable bonds is 4. The van der Waals surface area contributed by atoms with E-state index in [1.54, 1.807) is 12.1 Å². The monoisotopic (exact) mass is 440 g/mol. The summed E-state index contributed by atoms with van der Waals surface area (Å²) in [5.74, 6) is -0.212. The number of halogens is 3. The maximum absolute atomic E-state index is 13.4. The quantitative estimate of drug-likeness (QED) is 0.304. The van der Waals surface area contributed by atoms with E-state index in [9.17, 15) is 4.39 Å². The van der Waals surface area contributed by atoms with E-state index in [0.29, 0.717) is 11.6 Å². The van der Waals surface area contributed by atoms with E-state index in [2.05, 4.69) is 43.7 Å². The number of aromatic nitrogens is 1. The van der Waals surface area contributed by atoms with Gasteiger partial charge in [-0.25, -0.2) is 4.39 Å². The SMILES string of the molecule is Fc1cccc(Cn2ccc3cc(C=Nc4ccc(Br)c(Cl)c4)ccc32)c1. The summed E-state index contributed by atoms with van der Waals surface area (Å²) in [6, 6.07) is 20.5. The van der Waals surface area contributed by atoms with Gasteiger partial charge in [0.1, 0.15) is 5.82 Å². The van der Waals surface area contributed by atoms with Crippen LogP contribution in [-0.2, 0) is 6.54 Å². The maximum Gasteiger partial charge on any atom is 0.123 e. The van der Waals surface area contributed by atoms with Gasteiger partial charge in [0, 0.05) is 34.3 Å². The van der Waals surface area contributed by atoms with Gasteiger partial charge in [-0.2, -0.15) is 0 Å². The summed E-state index contributed by atoms with van der Waals surface area (Å²) in [6.07, 6.45) is 3.84. The third-order valence-corrected chi connectivity index (χ3v) is 5.54. The van der Waals surface area contributed by atoms with Crippen molar-refractivity contribution in [2.24, 2.45) is 4.99 Å². The van der Waals surface area contributed by atoms with Crippen LogP contribution < -0.4 is 0 Å². The molecule has 0 aliphatic carbocycles. The molecule has 0 aliphatic rings. The van der Waals surface area contributed by atoms with E-state index in [4.69, 9.17) is 11.6 Å². The van der Waals surface area contributed by atoms with Crippen molar-refractivity contribution in [1.29, 1.82) is 0 Å². The molecule has 3 aromatic carbocycles. The molecule has 0 saturated carbocycles. The molecule has 0 spiro atoms. The predicted octanol–water partition coefficient (Wildman–Crippen LogP) is 7.00. The zero-order valence-corrected chi connectivity index (χ0v) is 16.6. The van der Waals surface area contributed by atoms with Crippen LogP contribution in [0.1, 0.15) is 11.1 Å². The summed E-state index contributed by atoms with van der Waals surface area (Å²) >= 11 is 9.48. The molecule has 1 aromatic heterocycles. The van der Waals surface area contributed by atoms with E-state index in [-0.39, 0.29) is 5.82 Å². The molecule has 2 nitrogen and oxygen atoms in total. The molecule has 4 rings (SSSR count). The van der Waals surface area contributed by atoms with Gasteiger partial charge >= 0.3 is 0 Å². The topological polar surface area (TPSA) is 17.3 Å². The highest BCUT2D eigenvalue weighted by molar-refractivity contribution is 9.10. The molecule has 0 aliphatic heterocycles. The lowest BCUT2D eigenvalue weighted by Gasteiger charge is -2.06. The van der Waals surface area contributed by atoms with Crippen molar-refractivity contribution in [2.45, 2.75) is 6.54 Å². The largest absolute Gasteiger partial charge is 0.343 e. The fourth-order valence-electron chi connectivity index (χ4n) is 2.98. The summed E-state index contributed by atoms with van der Waals surface area (Å²) in [5, 5.41) is 1.75. The first-order chi connectivity index (χ1) is 13.1. The molecule has 0 N–H and O–H groups in total. The van der Waals surface area contributed by atoms with E-state index >= 15 is 0 Å². The molecule has 0 unspecified atom stereocenters. The average molecular weight is 442 g/mol. The summed E-state index contributed by atoms with van der Waals surface area (Å²) < 4.78 is 16.4. The van der Waals surface area contributed by atoms with E-state index in [1.165, 1.54) is 6.07 Å². The first kappa shape index (κ1) is 18.0. The standard InChI is InChI=1S/C22H15BrClFN2/c23-20-6-5-19(12-21(20)24)26-13-15-4-7-22-17(10-15)8-9-27(22)14-16-2-1-3-18(25)11-16/h1-13H,14H2. The van der Waals surface area contributed by atoms with Gasteiger partial charge in [0.25, 0.3) is 0 Å². The second-order valence-corrected chi connectivity index (χ2v) is 7.51. The zero-order chi connectivity index (χ0) is 18.8. The predicted molar refractivity (Wildman–Crippen MR) is 114 cm³/mol. The Bertz CT molecular complexity index is 1150. The van der Waals surface area contributed by atoms with Crippen LogP contribution in [0.5, 0.6) is 0 Å². The first-order valence-corrected chi connectivity index (χ1v) is 9.58. The Balaban J connectivity index is 1.58. The van der Waals surface area contributed by atoms with Crippen LogP contribution in [0.25, 0.3) is 10.9 Å². The van der Waals surface area contributed by atoms with E-state index in [1.807, 2.05) is 42.7 Å². The molecular formula is C22H15BrClFN2. The molecule has 0 fully saturated rings. The molecular weight excluding hydrogens is 427 g/mol. The molecule has 134 valence electrons. The number of benzene rings is 3. The summed E-state index contributed by atoms with van der Waals surface area (Å²) in [5.41, 5.74) is 3.84. The molecule has 0 radical (unpaired) electrons. The third kappa shape index (κ3) is 4.12. The van der Waals surface area contributed by atoms with Crippen LogP contribution in [0.3, 0.4) is 0 Å². The fourth-order valence-corrected chi connectivity index (χ4v) is 3.40. The second kappa shape index (κ2) is 7.67. The van der Waals surface area contributed by atoms with Gasteiger partial charge in [0.05, 0.1) is 10.7 Å². The Morgan fingerprint density at radius 3 is 2.74 bits per heavy atom. The number of nitrogens with zero attached hydrogens (tertiary/aromatic N) is 2. The van der Waals surface area contributed by atoms with Gasteiger partial charge in [0.2, 0.25) is 0 Å². The molecule has 0 amide bonds. The Morgan fingerprint density at radius 1 is 1.04 bits per heavy atom. The van der Waals surface area contributed by atoms with Crippen molar-refractivity contribution in [2.75, 3.05) is 0 Å². The van der Waals surface area contributed by atoms with Crippen LogP contribution in [0.4, 0.5) is 10.1 Å². The lowest BCUT2D eigenvalue weighted by atomic mass is 10.1. The first-order valence-electron chi connectivity index (χ1n) is 8.41. The minimum absolute atomic E-state index is 0.212. The van der Waals surface area contributed by atoms with Crippen LogP contribution in [0, 0.1) is 5.82 Å². The molecule has 1 heterocycles. The van der Waals surface area contributed by atoms with Crippen molar-refractivity contribution in [3.05, 3.63) is 99.4 Å². The van der Waals surface area contributed by atoms with Gasteiger partial charge in [-0.1, -0.05) is 29.8 Å². The zero-order valence-electron chi connectivity index (χ0n) is 14.2. The van der Waals surface area contributed by atoms with Crippen molar-refractivity contribution < 1.29 is 4.39 Å².